The highest BCUT2D eigenvalue weighted by molar-refractivity contribution is 5.55. The van der Waals surface area contributed by atoms with Crippen molar-refractivity contribution < 1.29 is 14.2 Å². The number of hydrogen-bond acceptors (Lipinski definition) is 6. The van der Waals surface area contributed by atoms with Crippen molar-refractivity contribution in [1.29, 1.82) is 0 Å². The molecule has 2 unspecified atom stereocenters. The summed E-state index contributed by atoms with van der Waals surface area (Å²) in [5, 5.41) is 16.9. The standard InChI is InChI=1S/C18H23FN6O2/c1-11-15(9-25(24-11)18(2,3)20-4)22-17-21-8-14(19)16(23-17)27-10-12-5-6-13(26)7-12/h8-9,12-13,26H,5-7,10H2,1-3H3,(H,21,22,23). The maximum atomic E-state index is 14.0. The van der Waals surface area contributed by atoms with Crippen molar-refractivity contribution in [2.45, 2.75) is 51.8 Å². The Kier molecular flexibility index (Phi) is 5.28. The van der Waals surface area contributed by atoms with Gasteiger partial charge in [-0.15, -0.1) is 0 Å². The van der Waals surface area contributed by atoms with Crippen molar-refractivity contribution in [2.75, 3.05) is 11.9 Å². The van der Waals surface area contributed by atoms with Crippen LogP contribution in [0.4, 0.5) is 16.0 Å². The fraction of sp³-hybridized carbons (Fsp3) is 0.556. The summed E-state index contributed by atoms with van der Waals surface area (Å²) < 4.78 is 21.0. The number of nitrogens with one attached hydrogen (secondary N) is 1. The van der Waals surface area contributed by atoms with Gasteiger partial charge in [0.1, 0.15) is 0 Å². The van der Waals surface area contributed by atoms with Gasteiger partial charge in [-0.2, -0.15) is 19.2 Å². The van der Waals surface area contributed by atoms with E-state index in [1.807, 2.05) is 0 Å². The molecule has 1 aliphatic rings. The number of anilines is 2. The molecule has 0 radical (unpaired) electrons. The average Bonchev–Trinajstić information content (AvgIpc) is 3.21. The number of aromatic nitrogens is 4. The van der Waals surface area contributed by atoms with E-state index in [9.17, 15) is 9.50 Å². The van der Waals surface area contributed by atoms with Gasteiger partial charge in [0, 0.05) is 13.8 Å². The minimum absolute atomic E-state index is 0.125. The van der Waals surface area contributed by atoms with E-state index in [0.717, 1.165) is 19.0 Å². The maximum absolute atomic E-state index is 14.0. The number of rotatable bonds is 6. The van der Waals surface area contributed by atoms with E-state index in [-0.39, 0.29) is 23.9 Å². The zero-order valence-corrected chi connectivity index (χ0v) is 15.6. The molecule has 3 rings (SSSR count). The molecule has 2 N–H and O–H groups in total. The molecule has 0 spiro atoms. The molecular weight excluding hydrogens is 351 g/mol. The second-order valence-corrected chi connectivity index (χ2v) is 7.29. The molecule has 2 heterocycles. The van der Waals surface area contributed by atoms with Crippen LogP contribution in [0.15, 0.2) is 12.4 Å². The number of nitrogens with zero attached hydrogens (tertiary/aromatic N) is 5. The van der Waals surface area contributed by atoms with Crippen molar-refractivity contribution >= 4 is 11.6 Å². The Hall–Kier alpha value is -2.73. The lowest BCUT2D eigenvalue weighted by molar-refractivity contribution is 0.165. The van der Waals surface area contributed by atoms with Gasteiger partial charge in [0.15, 0.2) is 0 Å². The summed E-state index contributed by atoms with van der Waals surface area (Å²) in [6.07, 6.45) is 4.71. The predicted octanol–water partition coefficient (Wildman–Crippen LogP) is 3.02. The molecule has 27 heavy (non-hydrogen) atoms. The van der Waals surface area contributed by atoms with Gasteiger partial charge in [-0.05, 0) is 32.1 Å². The normalized spacial score (nSPS) is 19.7. The Labute approximate surface area is 157 Å². The number of halogens is 1. The highest BCUT2D eigenvalue weighted by atomic mass is 19.1. The molecule has 9 heteroatoms. The number of aliphatic hydroxyl groups excluding tert-OH is 1. The highest BCUT2D eigenvalue weighted by Gasteiger charge is 2.27. The van der Waals surface area contributed by atoms with Gasteiger partial charge in [0.25, 0.3) is 5.88 Å². The van der Waals surface area contributed by atoms with Crippen molar-refractivity contribution in [3.63, 3.8) is 0 Å². The van der Waals surface area contributed by atoms with Crippen LogP contribution in [0.25, 0.3) is 4.85 Å². The maximum Gasteiger partial charge on any atom is 0.319 e. The molecule has 2 aromatic rings. The Morgan fingerprint density at radius 1 is 1.48 bits per heavy atom. The van der Waals surface area contributed by atoms with E-state index in [2.05, 4.69) is 25.2 Å². The first-order valence-electron chi connectivity index (χ1n) is 8.84. The van der Waals surface area contributed by atoms with E-state index < -0.39 is 11.5 Å². The summed E-state index contributed by atoms with van der Waals surface area (Å²) in [5.74, 6) is -0.385. The molecule has 0 amide bonds. The first-order chi connectivity index (χ1) is 12.8. The molecule has 1 fully saturated rings. The summed E-state index contributed by atoms with van der Waals surface area (Å²) >= 11 is 0. The molecule has 0 bridgehead atoms. The molecule has 144 valence electrons. The van der Waals surface area contributed by atoms with Gasteiger partial charge in [0.05, 0.1) is 36.5 Å². The number of aliphatic hydroxyl groups is 1. The van der Waals surface area contributed by atoms with Crippen LogP contribution in [-0.2, 0) is 5.66 Å². The summed E-state index contributed by atoms with van der Waals surface area (Å²) in [6.45, 7) is 12.9. The third-order valence-corrected chi connectivity index (χ3v) is 4.66. The molecule has 1 saturated carbocycles. The van der Waals surface area contributed by atoms with Crippen LogP contribution in [0, 0.1) is 25.2 Å². The highest BCUT2D eigenvalue weighted by Crippen LogP contribution is 2.27. The third kappa shape index (κ3) is 4.34. The lowest BCUT2D eigenvalue weighted by atomic mass is 10.1. The van der Waals surface area contributed by atoms with Crippen LogP contribution in [0.3, 0.4) is 0 Å². The number of hydrogen-bond donors (Lipinski definition) is 2. The molecule has 2 aromatic heterocycles. The summed E-state index contributed by atoms with van der Waals surface area (Å²) in [5.41, 5.74) is 0.485. The zero-order chi connectivity index (χ0) is 19.6. The predicted molar refractivity (Wildman–Crippen MR) is 97.0 cm³/mol. The van der Waals surface area contributed by atoms with Crippen LogP contribution in [-0.4, -0.2) is 37.6 Å². The Balaban J connectivity index is 1.72. The van der Waals surface area contributed by atoms with Gasteiger partial charge in [-0.3, -0.25) is 4.85 Å². The van der Waals surface area contributed by atoms with Gasteiger partial charge >= 0.3 is 5.66 Å². The number of aryl methyl sites for hydroxylation is 1. The van der Waals surface area contributed by atoms with Crippen LogP contribution >= 0.6 is 0 Å². The van der Waals surface area contributed by atoms with Crippen molar-refractivity contribution in [3.8, 4) is 5.88 Å². The molecule has 0 aliphatic heterocycles. The number of ether oxygens (including phenoxy) is 1. The van der Waals surface area contributed by atoms with Crippen molar-refractivity contribution in [2.24, 2.45) is 5.92 Å². The van der Waals surface area contributed by atoms with Crippen LogP contribution in [0.5, 0.6) is 5.88 Å². The van der Waals surface area contributed by atoms with Gasteiger partial charge < -0.3 is 15.2 Å². The monoisotopic (exact) mass is 374 g/mol. The minimum Gasteiger partial charge on any atom is -0.475 e. The van der Waals surface area contributed by atoms with E-state index >= 15 is 0 Å². The first-order valence-corrected chi connectivity index (χ1v) is 8.84. The van der Waals surface area contributed by atoms with E-state index in [1.165, 1.54) is 0 Å². The SMILES string of the molecule is [C-]#[N+]C(C)(C)n1cc(Nc2ncc(F)c(OCC3CCC(O)C3)n2)c(C)n1. The summed E-state index contributed by atoms with van der Waals surface area (Å²) in [7, 11) is 0. The smallest absolute Gasteiger partial charge is 0.319 e. The summed E-state index contributed by atoms with van der Waals surface area (Å²) in [4.78, 5) is 11.6. The first kappa shape index (κ1) is 19.0. The van der Waals surface area contributed by atoms with E-state index in [1.54, 1.807) is 31.6 Å². The van der Waals surface area contributed by atoms with Crippen molar-refractivity contribution in [1.82, 2.24) is 19.7 Å². The zero-order valence-electron chi connectivity index (χ0n) is 15.6. The molecule has 0 aromatic carbocycles. The van der Waals surface area contributed by atoms with Crippen molar-refractivity contribution in [3.05, 3.63) is 35.3 Å². The van der Waals surface area contributed by atoms with E-state index in [0.29, 0.717) is 24.4 Å². The lowest BCUT2D eigenvalue weighted by Gasteiger charge is -2.12. The Morgan fingerprint density at radius 2 is 2.26 bits per heavy atom. The molecule has 8 nitrogen and oxygen atoms in total. The second kappa shape index (κ2) is 7.48. The molecular formula is C18H23FN6O2. The molecule has 1 aliphatic carbocycles. The summed E-state index contributed by atoms with van der Waals surface area (Å²) in [6, 6.07) is 0. The van der Waals surface area contributed by atoms with Crippen LogP contribution in [0.2, 0.25) is 0 Å². The minimum atomic E-state index is -0.811. The molecule has 0 saturated heterocycles. The van der Waals surface area contributed by atoms with Gasteiger partial charge in [0.2, 0.25) is 11.8 Å². The molecule has 2 atom stereocenters. The largest absolute Gasteiger partial charge is 0.475 e. The lowest BCUT2D eigenvalue weighted by Crippen LogP contribution is -2.22. The van der Waals surface area contributed by atoms with Gasteiger partial charge in [-0.25, -0.2) is 11.6 Å². The average molecular weight is 374 g/mol. The fourth-order valence-electron chi connectivity index (χ4n) is 2.94. The quantitative estimate of drug-likeness (QED) is 0.756. The topological polar surface area (TPSA) is 89.5 Å². The Bertz CT molecular complexity index is 860. The van der Waals surface area contributed by atoms with Gasteiger partial charge in [-0.1, -0.05) is 0 Å². The van der Waals surface area contributed by atoms with E-state index in [4.69, 9.17) is 11.3 Å². The second-order valence-electron chi connectivity index (χ2n) is 7.29. The Morgan fingerprint density at radius 3 is 2.93 bits per heavy atom. The fourth-order valence-corrected chi connectivity index (χ4v) is 2.94. The van der Waals surface area contributed by atoms with Crippen LogP contribution < -0.4 is 10.1 Å². The van der Waals surface area contributed by atoms with Crippen LogP contribution in [0.1, 0.15) is 38.8 Å². The third-order valence-electron chi connectivity index (χ3n) is 4.66.